The average molecular weight is 213 g/mol. The summed E-state index contributed by atoms with van der Waals surface area (Å²) in [6.45, 7) is 6.71. The maximum Gasteiger partial charge on any atom is 0.0422 e. The molecule has 0 aliphatic rings. The minimum atomic E-state index is 0.491. The number of hydrogen-bond acceptors (Lipinski definition) is 1. The lowest BCUT2D eigenvalue weighted by Gasteiger charge is -2.20. The van der Waals surface area contributed by atoms with E-state index in [1.165, 1.54) is 16.5 Å². The van der Waals surface area contributed by atoms with Crippen molar-refractivity contribution in [3.63, 3.8) is 0 Å². The molecule has 0 amide bonds. The van der Waals surface area contributed by atoms with E-state index in [9.17, 15) is 0 Å². The molecular formula is C15H19N. The SMILES string of the molecule is CC(C)C(C)Nc1cccc2ccccc12. The minimum absolute atomic E-state index is 0.491. The van der Waals surface area contributed by atoms with Crippen molar-refractivity contribution in [3.05, 3.63) is 42.5 Å². The van der Waals surface area contributed by atoms with Gasteiger partial charge in [0.2, 0.25) is 0 Å². The Labute approximate surface area is 97.5 Å². The third kappa shape index (κ3) is 2.19. The molecule has 1 heteroatoms. The van der Waals surface area contributed by atoms with Crippen LogP contribution in [0.4, 0.5) is 5.69 Å². The average Bonchev–Trinajstić information content (AvgIpc) is 2.29. The van der Waals surface area contributed by atoms with Gasteiger partial charge in [0.25, 0.3) is 0 Å². The topological polar surface area (TPSA) is 12.0 Å². The highest BCUT2D eigenvalue weighted by molar-refractivity contribution is 5.93. The Balaban J connectivity index is 2.37. The number of benzene rings is 2. The van der Waals surface area contributed by atoms with Crippen LogP contribution in [0, 0.1) is 5.92 Å². The van der Waals surface area contributed by atoms with Crippen LogP contribution in [0.25, 0.3) is 10.8 Å². The highest BCUT2D eigenvalue weighted by Crippen LogP contribution is 2.24. The fourth-order valence-corrected chi connectivity index (χ4v) is 1.76. The number of hydrogen-bond donors (Lipinski definition) is 1. The smallest absolute Gasteiger partial charge is 0.0422 e. The van der Waals surface area contributed by atoms with Crippen molar-refractivity contribution in [2.24, 2.45) is 5.92 Å². The van der Waals surface area contributed by atoms with Gasteiger partial charge in [-0.05, 0) is 24.3 Å². The zero-order valence-electron chi connectivity index (χ0n) is 10.2. The molecule has 0 radical (unpaired) electrons. The van der Waals surface area contributed by atoms with Gasteiger partial charge >= 0.3 is 0 Å². The fraction of sp³-hybridized carbons (Fsp3) is 0.333. The molecule has 1 unspecified atom stereocenters. The Kier molecular flexibility index (Phi) is 3.14. The molecule has 1 atom stereocenters. The number of rotatable bonds is 3. The first-order valence-corrected chi connectivity index (χ1v) is 5.93. The summed E-state index contributed by atoms with van der Waals surface area (Å²) in [6.07, 6.45) is 0. The molecule has 0 aromatic heterocycles. The maximum atomic E-state index is 3.58. The van der Waals surface area contributed by atoms with E-state index in [0.717, 1.165) is 0 Å². The molecule has 0 bridgehead atoms. The predicted octanol–water partition coefficient (Wildman–Crippen LogP) is 4.30. The third-order valence-corrected chi connectivity index (χ3v) is 3.17. The Hall–Kier alpha value is -1.50. The minimum Gasteiger partial charge on any atom is -0.382 e. The molecule has 0 spiro atoms. The van der Waals surface area contributed by atoms with Crippen LogP contribution in [0.2, 0.25) is 0 Å². The summed E-state index contributed by atoms with van der Waals surface area (Å²) in [5, 5.41) is 6.18. The molecule has 16 heavy (non-hydrogen) atoms. The van der Waals surface area contributed by atoms with Crippen molar-refractivity contribution in [2.45, 2.75) is 26.8 Å². The van der Waals surface area contributed by atoms with Crippen LogP contribution in [-0.4, -0.2) is 6.04 Å². The quantitative estimate of drug-likeness (QED) is 0.801. The molecule has 1 N–H and O–H groups in total. The van der Waals surface area contributed by atoms with Gasteiger partial charge in [0, 0.05) is 17.1 Å². The van der Waals surface area contributed by atoms with E-state index in [0.29, 0.717) is 12.0 Å². The Morgan fingerprint density at radius 1 is 0.875 bits per heavy atom. The van der Waals surface area contributed by atoms with Gasteiger partial charge in [-0.3, -0.25) is 0 Å². The number of nitrogens with one attached hydrogen (secondary N) is 1. The molecule has 0 saturated carbocycles. The molecule has 0 aliphatic heterocycles. The van der Waals surface area contributed by atoms with Gasteiger partial charge in [-0.25, -0.2) is 0 Å². The van der Waals surface area contributed by atoms with Crippen molar-refractivity contribution < 1.29 is 0 Å². The van der Waals surface area contributed by atoms with Crippen LogP contribution in [0.5, 0.6) is 0 Å². The number of fused-ring (bicyclic) bond motifs is 1. The zero-order chi connectivity index (χ0) is 11.5. The lowest BCUT2D eigenvalue weighted by atomic mass is 10.0. The van der Waals surface area contributed by atoms with E-state index in [1.54, 1.807) is 0 Å². The van der Waals surface area contributed by atoms with Crippen LogP contribution >= 0.6 is 0 Å². The molecule has 84 valence electrons. The van der Waals surface area contributed by atoms with Crippen LogP contribution in [-0.2, 0) is 0 Å². The fourth-order valence-electron chi connectivity index (χ4n) is 1.76. The summed E-state index contributed by atoms with van der Waals surface area (Å²) in [4.78, 5) is 0. The van der Waals surface area contributed by atoms with Crippen molar-refractivity contribution >= 4 is 16.5 Å². The first-order valence-electron chi connectivity index (χ1n) is 5.93. The van der Waals surface area contributed by atoms with E-state index in [2.05, 4.69) is 68.6 Å². The molecular weight excluding hydrogens is 194 g/mol. The summed E-state index contributed by atoms with van der Waals surface area (Å²) in [7, 11) is 0. The first kappa shape index (κ1) is 11.0. The van der Waals surface area contributed by atoms with Crippen LogP contribution in [0.3, 0.4) is 0 Å². The molecule has 2 aromatic carbocycles. The highest BCUT2D eigenvalue weighted by atomic mass is 14.9. The maximum absolute atomic E-state index is 3.58. The largest absolute Gasteiger partial charge is 0.382 e. The third-order valence-electron chi connectivity index (χ3n) is 3.17. The van der Waals surface area contributed by atoms with Gasteiger partial charge in [-0.15, -0.1) is 0 Å². The lowest BCUT2D eigenvalue weighted by molar-refractivity contribution is 0.560. The van der Waals surface area contributed by atoms with Gasteiger partial charge < -0.3 is 5.32 Å². The Morgan fingerprint density at radius 3 is 2.31 bits per heavy atom. The standard InChI is InChI=1S/C15H19N/c1-11(2)12(3)16-15-10-6-8-13-7-4-5-9-14(13)15/h4-12,16H,1-3H3. The van der Waals surface area contributed by atoms with E-state index in [1.807, 2.05) is 0 Å². The van der Waals surface area contributed by atoms with E-state index in [-0.39, 0.29) is 0 Å². The zero-order valence-corrected chi connectivity index (χ0v) is 10.2. The van der Waals surface area contributed by atoms with Gasteiger partial charge in [0.05, 0.1) is 0 Å². The Morgan fingerprint density at radius 2 is 1.56 bits per heavy atom. The van der Waals surface area contributed by atoms with Crippen LogP contribution < -0.4 is 5.32 Å². The van der Waals surface area contributed by atoms with Crippen molar-refractivity contribution in [1.29, 1.82) is 0 Å². The predicted molar refractivity (Wildman–Crippen MR) is 71.9 cm³/mol. The number of anilines is 1. The normalized spacial score (nSPS) is 13.0. The van der Waals surface area contributed by atoms with Crippen molar-refractivity contribution in [2.75, 3.05) is 5.32 Å². The summed E-state index contributed by atoms with van der Waals surface area (Å²) >= 11 is 0. The van der Waals surface area contributed by atoms with Gasteiger partial charge in [0.1, 0.15) is 0 Å². The Bertz CT molecular complexity index is 468. The van der Waals surface area contributed by atoms with E-state index >= 15 is 0 Å². The second kappa shape index (κ2) is 4.56. The molecule has 2 aromatic rings. The second-order valence-electron chi connectivity index (χ2n) is 4.70. The molecule has 2 rings (SSSR count). The summed E-state index contributed by atoms with van der Waals surface area (Å²) in [5.41, 5.74) is 1.24. The molecule has 0 aliphatic carbocycles. The van der Waals surface area contributed by atoms with Crippen molar-refractivity contribution in [1.82, 2.24) is 0 Å². The van der Waals surface area contributed by atoms with E-state index in [4.69, 9.17) is 0 Å². The lowest BCUT2D eigenvalue weighted by Crippen LogP contribution is -2.21. The second-order valence-corrected chi connectivity index (χ2v) is 4.70. The summed E-state index contributed by atoms with van der Waals surface area (Å²) < 4.78 is 0. The van der Waals surface area contributed by atoms with Crippen molar-refractivity contribution in [3.8, 4) is 0 Å². The summed E-state index contributed by atoms with van der Waals surface area (Å²) in [5.74, 6) is 0.638. The van der Waals surface area contributed by atoms with Gasteiger partial charge in [-0.2, -0.15) is 0 Å². The molecule has 1 nitrogen and oxygen atoms in total. The summed E-state index contributed by atoms with van der Waals surface area (Å²) in [6, 6.07) is 15.4. The molecule has 0 fully saturated rings. The first-order chi connectivity index (χ1) is 7.68. The van der Waals surface area contributed by atoms with E-state index < -0.39 is 0 Å². The van der Waals surface area contributed by atoms with Crippen LogP contribution in [0.1, 0.15) is 20.8 Å². The van der Waals surface area contributed by atoms with Gasteiger partial charge in [0.15, 0.2) is 0 Å². The van der Waals surface area contributed by atoms with Crippen LogP contribution in [0.15, 0.2) is 42.5 Å². The molecule has 0 heterocycles. The van der Waals surface area contributed by atoms with Gasteiger partial charge in [-0.1, -0.05) is 50.2 Å². The monoisotopic (exact) mass is 213 g/mol. The molecule has 0 saturated heterocycles. The highest BCUT2D eigenvalue weighted by Gasteiger charge is 2.07.